The number of fused-ring (bicyclic) bond motifs is 3. The van der Waals surface area contributed by atoms with E-state index in [4.69, 9.17) is 32.9 Å². The van der Waals surface area contributed by atoms with Crippen molar-refractivity contribution in [1.82, 2.24) is 24.3 Å². The number of imidazole rings is 1. The Hall–Kier alpha value is -4.29. The first-order chi connectivity index (χ1) is 27.5. The number of nitrogens with zero attached hydrogens (tertiary/aromatic N) is 5. The zero-order valence-corrected chi connectivity index (χ0v) is 34.0. The highest BCUT2D eigenvalue weighted by atomic mass is 35.5. The Morgan fingerprint density at radius 3 is 2.58 bits per heavy atom. The topological polar surface area (TPSA) is 113 Å². The Bertz CT molecular complexity index is 2220. The molecule has 4 aromatic rings. The summed E-state index contributed by atoms with van der Waals surface area (Å²) >= 11 is 13.9. The molecule has 3 fully saturated rings. The van der Waals surface area contributed by atoms with Gasteiger partial charge in [0.25, 0.3) is 5.91 Å². The van der Waals surface area contributed by atoms with E-state index in [2.05, 4.69) is 20.1 Å². The summed E-state index contributed by atoms with van der Waals surface area (Å²) in [5, 5.41) is 13.4. The quantitative estimate of drug-likeness (QED) is 0.146. The van der Waals surface area contributed by atoms with Gasteiger partial charge in [-0.05, 0) is 101 Å². The van der Waals surface area contributed by atoms with Crippen molar-refractivity contribution < 1.29 is 23.8 Å². The lowest BCUT2D eigenvalue weighted by atomic mass is 9.70. The van der Waals surface area contributed by atoms with Crippen LogP contribution in [0.3, 0.4) is 0 Å². The van der Waals surface area contributed by atoms with E-state index in [0.717, 1.165) is 88.1 Å². The number of anilines is 1. The maximum absolute atomic E-state index is 15.7. The van der Waals surface area contributed by atoms with Gasteiger partial charge >= 0.3 is 5.97 Å². The molecule has 10 nitrogen and oxygen atoms in total. The average molecular weight is 816 g/mol. The summed E-state index contributed by atoms with van der Waals surface area (Å²) in [7, 11) is 3.45. The number of nitrogens with one attached hydrogen (secondary N) is 1. The highest BCUT2D eigenvalue weighted by molar-refractivity contribution is 6.39. The molecule has 2 aromatic heterocycles. The van der Waals surface area contributed by atoms with Crippen LogP contribution in [0.2, 0.25) is 10.0 Å². The third kappa shape index (κ3) is 7.96. The predicted molar refractivity (Wildman–Crippen MR) is 221 cm³/mol. The van der Waals surface area contributed by atoms with E-state index in [1.54, 1.807) is 43.6 Å². The fraction of sp³-hybridized carbons (Fsp3) is 0.455. The van der Waals surface area contributed by atoms with Crippen LogP contribution in [0.1, 0.15) is 90.2 Å². The van der Waals surface area contributed by atoms with E-state index in [0.29, 0.717) is 68.9 Å². The number of carbonyl (C=O) groups excluding carboxylic acids is 1. The summed E-state index contributed by atoms with van der Waals surface area (Å²) in [4.78, 5) is 39.6. The Balaban J connectivity index is 0.937. The molecule has 0 spiro atoms. The first kappa shape index (κ1) is 39.5. The van der Waals surface area contributed by atoms with Crippen LogP contribution >= 0.6 is 23.2 Å². The van der Waals surface area contributed by atoms with Gasteiger partial charge < -0.3 is 19.7 Å². The molecule has 300 valence electrons. The Morgan fingerprint density at radius 1 is 1.05 bits per heavy atom. The number of hydrogen-bond donors (Lipinski definition) is 2. The number of pyridine rings is 1. The van der Waals surface area contributed by atoms with Gasteiger partial charge in [-0.2, -0.15) is 0 Å². The molecule has 4 aliphatic rings. The molecule has 57 heavy (non-hydrogen) atoms. The SMILES string of the molecule is COc1cc(/C(F)=C/c2cccc(-c3cccc(NC(=O)c4nc5c(n4C)CCN(CCC4CCC6(C(=O)O)CCC4C6)C5)c3Cl)c2Cl)ncc1CN1CCCC1. The Kier molecular flexibility index (Phi) is 11.5. The van der Waals surface area contributed by atoms with Crippen molar-refractivity contribution >= 4 is 52.7 Å². The maximum Gasteiger partial charge on any atom is 0.309 e. The molecule has 1 amide bonds. The summed E-state index contributed by atoms with van der Waals surface area (Å²) < 4.78 is 23.2. The standard InChI is InChI=1S/C44H49Cl2FN6O4/c1-51-37-14-20-53(19-13-27-11-15-44(43(55)56)16-12-29(27)23-44)26-36(37)49-41(51)42(54)50-34-10-6-9-32(40(34)46)31-8-5-7-28(39(31)45)21-33(47)35-22-38(57-2)30(24-48-35)25-52-17-3-4-18-52/h5-10,21-22,24,27,29H,3-4,11-20,23,25-26H2,1-2H3,(H,50,54)(H,55,56)/b33-21-. The molecule has 2 aliphatic carbocycles. The third-order valence-corrected chi connectivity index (χ3v) is 13.8. The van der Waals surface area contributed by atoms with Crippen molar-refractivity contribution in [3.63, 3.8) is 0 Å². The lowest BCUT2D eigenvalue weighted by Gasteiger charge is -2.36. The monoisotopic (exact) mass is 814 g/mol. The molecule has 2 aromatic carbocycles. The maximum atomic E-state index is 15.7. The second-order valence-corrected chi connectivity index (χ2v) is 17.0. The number of halogens is 3. The zero-order valence-electron chi connectivity index (χ0n) is 32.5. The van der Waals surface area contributed by atoms with E-state index >= 15 is 4.39 Å². The molecule has 1 saturated heterocycles. The van der Waals surface area contributed by atoms with Crippen LogP contribution in [0.15, 0.2) is 48.7 Å². The minimum absolute atomic E-state index is 0.146. The minimum Gasteiger partial charge on any atom is -0.496 e. The van der Waals surface area contributed by atoms with Gasteiger partial charge in [0.2, 0.25) is 0 Å². The van der Waals surface area contributed by atoms with Gasteiger partial charge in [0, 0.05) is 67.8 Å². The van der Waals surface area contributed by atoms with Crippen molar-refractivity contribution in [1.29, 1.82) is 0 Å². The predicted octanol–water partition coefficient (Wildman–Crippen LogP) is 9.14. The van der Waals surface area contributed by atoms with Gasteiger partial charge in [-0.1, -0.05) is 53.5 Å². The van der Waals surface area contributed by atoms with E-state index in [1.807, 2.05) is 23.7 Å². The Morgan fingerprint density at radius 2 is 1.81 bits per heavy atom. The van der Waals surface area contributed by atoms with Gasteiger partial charge in [0.15, 0.2) is 5.82 Å². The molecule has 8 rings (SSSR count). The molecule has 2 saturated carbocycles. The summed E-state index contributed by atoms with van der Waals surface area (Å²) in [6, 6.07) is 12.3. The minimum atomic E-state index is -0.613. The summed E-state index contributed by atoms with van der Waals surface area (Å²) in [5.74, 6) is 0.424. The fourth-order valence-electron chi connectivity index (χ4n) is 9.68. The number of hydrogen-bond acceptors (Lipinski definition) is 7. The van der Waals surface area contributed by atoms with Gasteiger partial charge in [0.05, 0.1) is 34.0 Å². The van der Waals surface area contributed by atoms with E-state index in [-0.39, 0.29) is 11.6 Å². The molecule has 4 heterocycles. The first-order valence-corrected chi connectivity index (χ1v) is 20.8. The zero-order chi connectivity index (χ0) is 39.8. The molecule has 2 bridgehead atoms. The normalized spacial score (nSPS) is 22.4. The number of methoxy groups -OCH3 is 1. The van der Waals surface area contributed by atoms with Crippen LogP contribution in [-0.4, -0.2) is 74.6 Å². The van der Waals surface area contributed by atoms with Crippen molar-refractivity contribution in [3.05, 3.63) is 92.7 Å². The van der Waals surface area contributed by atoms with Gasteiger partial charge in [-0.3, -0.25) is 24.4 Å². The fourth-order valence-corrected chi connectivity index (χ4v) is 10.2. The number of carbonyl (C=O) groups is 2. The van der Waals surface area contributed by atoms with Gasteiger partial charge in [-0.25, -0.2) is 9.37 Å². The molecule has 0 radical (unpaired) electrons. The van der Waals surface area contributed by atoms with Crippen molar-refractivity contribution in [3.8, 4) is 16.9 Å². The number of aliphatic carboxylic acids is 1. The summed E-state index contributed by atoms with van der Waals surface area (Å²) in [6.45, 7) is 5.25. The lowest BCUT2D eigenvalue weighted by molar-refractivity contribution is -0.150. The molecular formula is C44H49Cl2FN6O4. The number of aromatic nitrogens is 3. The number of carboxylic acids is 1. The second kappa shape index (κ2) is 16.5. The molecule has 2 N–H and O–H groups in total. The van der Waals surface area contributed by atoms with Crippen LogP contribution in [0.4, 0.5) is 10.1 Å². The Labute approximate surface area is 343 Å². The van der Waals surface area contributed by atoms with Crippen LogP contribution in [0.5, 0.6) is 5.75 Å². The first-order valence-electron chi connectivity index (χ1n) is 20.1. The molecule has 13 heteroatoms. The largest absolute Gasteiger partial charge is 0.496 e. The van der Waals surface area contributed by atoms with E-state index in [9.17, 15) is 14.7 Å². The van der Waals surface area contributed by atoms with Crippen molar-refractivity contribution in [2.75, 3.05) is 38.6 Å². The summed E-state index contributed by atoms with van der Waals surface area (Å²) in [6.07, 6.45) is 11.7. The van der Waals surface area contributed by atoms with Crippen LogP contribution in [0.25, 0.3) is 23.0 Å². The average Bonchev–Trinajstić information content (AvgIpc) is 3.94. The molecule has 2 aliphatic heterocycles. The van der Waals surface area contributed by atoms with Crippen molar-refractivity contribution in [2.24, 2.45) is 24.3 Å². The number of carboxylic acid groups (broad SMARTS) is 1. The highest BCUT2D eigenvalue weighted by Crippen LogP contribution is 2.54. The van der Waals surface area contributed by atoms with Crippen LogP contribution in [0, 0.1) is 17.3 Å². The third-order valence-electron chi connectivity index (χ3n) is 13.0. The van der Waals surface area contributed by atoms with Gasteiger partial charge in [-0.15, -0.1) is 0 Å². The molecule has 3 unspecified atom stereocenters. The number of likely N-dealkylation sites (tertiary alicyclic amines) is 1. The molecule has 3 atom stereocenters. The summed E-state index contributed by atoms with van der Waals surface area (Å²) in [5.41, 5.74) is 4.55. The number of rotatable bonds is 12. The van der Waals surface area contributed by atoms with E-state index in [1.165, 1.54) is 18.9 Å². The number of ether oxygens (including phenoxy) is 1. The number of amides is 1. The van der Waals surface area contributed by atoms with Crippen LogP contribution < -0.4 is 10.1 Å². The second-order valence-electron chi connectivity index (χ2n) is 16.3. The van der Waals surface area contributed by atoms with Gasteiger partial charge in [0.1, 0.15) is 17.3 Å². The smallest absolute Gasteiger partial charge is 0.309 e. The highest BCUT2D eigenvalue weighted by Gasteiger charge is 2.50. The molecular weight excluding hydrogens is 766 g/mol. The van der Waals surface area contributed by atoms with Crippen molar-refractivity contribution in [2.45, 2.75) is 70.9 Å². The van der Waals surface area contributed by atoms with Crippen LogP contribution in [-0.2, 0) is 31.4 Å². The lowest BCUT2D eigenvalue weighted by Crippen LogP contribution is -2.36. The number of benzene rings is 2. The van der Waals surface area contributed by atoms with E-state index < -0.39 is 17.2 Å².